The molecule has 8 heteroatoms. The molecule has 2 heterocycles. The van der Waals surface area contributed by atoms with Crippen molar-refractivity contribution in [3.63, 3.8) is 0 Å². The molecule has 1 amide bonds. The smallest absolute Gasteiger partial charge is 0.257 e. The number of benzene rings is 1. The van der Waals surface area contributed by atoms with E-state index in [9.17, 15) is 4.79 Å². The number of piperidine rings is 1. The number of ether oxygens (including phenoxy) is 3. The zero-order valence-corrected chi connectivity index (χ0v) is 17.8. The van der Waals surface area contributed by atoms with E-state index < -0.39 is 0 Å². The molecule has 2 fully saturated rings. The van der Waals surface area contributed by atoms with Crippen molar-refractivity contribution in [2.45, 2.75) is 44.1 Å². The number of methoxy groups -OCH3 is 3. The van der Waals surface area contributed by atoms with Gasteiger partial charge in [0.2, 0.25) is 0 Å². The van der Waals surface area contributed by atoms with Crippen molar-refractivity contribution >= 4 is 5.91 Å². The number of hydrogen-bond acceptors (Lipinski definition) is 7. The summed E-state index contributed by atoms with van der Waals surface area (Å²) in [5, 5.41) is 4.28. The standard InChI is InChI=1S/C22H29N3O5/c1-27-14-18-23-21(24-30-18)22(13-15-7-8-15)9-11-25(12-10-22)20(26)16-5-4-6-17(28-2)19(16)29-3/h4-6,15H,7-14H2,1-3H3. The van der Waals surface area contributed by atoms with Crippen LogP contribution in [0.5, 0.6) is 11.5 Å². The van der Waals surface area contributed by atoms with Crippen molar-refractivity contribution in [3.05, 3.63) is 35.5 Å². The molecule has 0 unspecified atom stereocenters. The van der Waals surface area contributed by atoms with Crippen LogP contribution in [-0.4, -0.2) is 55.4 Å². The summed E-state index contributed by atoms with van der Waals surface area (Å²) in [6.07, 6.45) is 5.19. The van der Waals surface area contributed by atoms with E-state index in [-0.39, 0.29) is 11.3 Å². The van der Waals surface area contributed by atoms with Crippen LogP contribution in [0.4, 0.5) is 0 Å². The zero-order valence-electron chi connectivity index (χ0n) is 17.8. The Morgan fingerprint density at radius 3 is 2.60 bits per heavy atom. The van der Waals surface area contributed by atoms with Crippen molar-refractivity contribution < 1.29 is 23.5 Å². The van der Waals surface area contributed by atoms with E-state index in [2.05, 4.69) is 10.1 Å². The largest absolute Gasteiger partial charge is 0.493 e. The molecule has 0 N–H and O–H groups in total. The first-order valence-electron chi connectivity index (χ1n) is 10.4. The Bertz CT molecular complexity index is 885. The second kappa shape index (κ2) is 8.63. The maximum atomic E-state index is 13.2. The van der Waals surface area contributed by atoms with Gasteiger partial charge in [0.05, 0.1) is 19.8 Å². The molecule has 30 heavy (non-hydrogen) atoms. The highest BCUT2D eigenvalue weighted by molar-refractivity contribution is 5.98. The summed E-state index contributed by atoms with van der Waals surface area (Å²) in [6.45, 7) is 1.59. The highest BCUT2D eigenvalue weighted by Crippen LogP contribution is 2.47. The monoisotopic (exact) mass is 415 g/mol. The maximum absolute atomic E-state index is 13.2. The topological polar surface area (TPSA) is 86.9 Å². The molecule has 1 aliphatic heterocycles. The molecular formula is C22H29N3O5. The van der Waals surface area contributed by atoms with Crippen LogP contribution >= 0.6 is 0 Å². The lowest BCUT2D eigenvalue weighted by molar-refractivity contribution is 0.0641. The van der Waals surface area contributed by atoms with Gasteiger partial charge >= 0.3 is 0 Å². The Labute approximate surface area is 176 Å². The van der Waals surface area contributed by atoms with Crippen LogP contribution in [0, 0.1) is 5.92 Å². The van der Waals surface area contributed by atoms with Crippen LogP contribution in [0.2, 0.25) is 0 Å². The number of rotatable bonds is 8. The molecule has 2 aromatic rings. The summed E-state index contributed by atoms with van der Waals surface area (Å²) in [7, 11) is 4.74. The van der Waals surface area contributed by atoms with Gasteiger partial charge in [0.1, 0.15) is 6.61 Å². The molecular weight excluding hydrogens is 386 g/mol. The fraction of sp³-hybridized carbons (Fsp3) is 0.591. The van der Waals surface area contributed by atoms with Gasteiger partial charge in [-0.15, -0.1) is 0 Å². The first-order valence-corrected chi connectivity index (χ1v) is 10.4. The van der Waals surface area contributed by atoms with E-state index in [1.165, 1.54) is 12.8 Å². The lowest BCUT2D eigenvalue weighted by Crippen LogP contribution is -2.46. The zero-order chi connectivity index (χ0) is 21.1. The van der Waals surface area contributed by atoms with Crippen LogP contribution in [0.3, 0.4) is 0 Å². The van der Waals surface area contributed by atoms with Gasteiger partial charge in [-0.25, -0.2) is 0 Å². The lowest BCUT2D eigenvalue weighted by Gasteiger charge is -2.40. The highest BCUT2D eigenvalue weighted by Gasteiger charge is 2.45. The van der Waals surface area contributed by atoms with E-state index in [0.29, 0.717) is 42.6 Å². The summed E-state index contributed by atoms with van der Waals surface area (Å²) in [5.74, 6) is 2.96. The molecule has 162 valence electrons. The number of carbonyl (C=O) groups is 1. The van der Waals surface area contributed by atoms with Crippen LogP contribution in [0.1, 0.15) is 54.2 Å². The number of likely N-dealkylation sites (tertiary alicyclic amines) is 1. The molecule has 0 radical (unpaired) electrons. The third-order valence-electron chi connectivity index (χ3n) is 6.23. The van der Waals surface area contributed by atoms with E-state index in [4.69, 9.17) is 18.7 Å². The number of nitrogens with zero attached hydrogens (tertiary/aromatic N) is 3. The van der Waals surface area contributed by atoms with Gasteiger partial charge in [-0.3, -0.25) is 4.79 Å². The van der Waals surface area contributed by atoms with Crippen molar-refractivity contribution in [3.8, 4) is 11.5 Å². The first-order chi connectivity index (χ1) is 14.6. The minimum atomic E-state index is -0.147. The van der Waals surface area contributed by atoms with E-state index in [0.717, 1.165) is 31.0 Å². The van der Waals surface area contributed by atoms with E-state index in [1.807, 2.05) is 11.0 Å². The second-order valence-electron chi connectivity index (χ2n) is 8.21. The van der Waals surface area contributed by atoms with Gasteiger partial charge < -0.3 is 23.6 Å². The van der Waals surface area contributed by atoms with Gasteiger partial charge in [-0.2, -0.15) is 4.98 Å². The molecule has 2 aliphatic rings. The predicted molar refractivity (Wildman–Crippen MR) is 109 cm³/mol. The van der Waals surface area contributed by atoms with Crippen molar-refractivity contribution in [1.29, 1.82) is 0 Å². The summed E-state index contributed by atoms with van der Waals surface area (Å²) >= 11 is 0. The van der Waals surface area contributed by atoms with Crippen LogP contribution in [-0.2, 0) is 16.8 Å². The molecule has 4 rings (SSSR count). The molecule has 0 bridgehead atoms. The van der Waals surface area contributed by atoms with Gasteiger partial charge in [-0.05, 0) is 37.3 Å². The van der Waals surface area contributed by atoms with Crippen molar-refractivity contribution in [1.82, 2.24) is 15.0 Å². The van der Waals surface area contributed by atoms with Crippen LogP contribution < -0.4 is 9.47 Å². The van der Waals surface area contributed by atoms with Gasteiger partial charge in [0.25, 0.3) is 11.8 Å². The lowest BCUT2D eigenvalue weighted by atomic mass is 9.73. The highest BCUT2D eigenvalue weighted by atomic mass is 16.5. The number of hydrogen-bond donors (Lipinski definition) is 0. The van der Waals surface area contributed by atoms with Gasteiger partial charge in [0.15, 0.2) is 17.3 Å². The Morgan fingerprint density at radius 2 is 1.97 bits per heavy atom. The molecule has 1 aromatic heterocycles. The number of carbonyl (C=O) groups excluding carboxylic acids is 1. The molecule has 1 saturated heterocycles. The third kappa shape index (κ3) is 4.01. The average molecular weight is 415 g/mol. The summed E-state index contributed by atoms with van der Waals surface area (Å²) in [4.78, 5) is 19.7. The minimum absolute atomic E-state index is 0.0426. The Kier molecular flexibility index (Phi) is 5.94. The van der Waals surface area contributed by atoms with E-state index in [1.54, 1.807) is 33.5 Å². The van der Waals surface area contributed by atoms with Crippen molar-refractivity contribution in [2.75, 3.05) is 34.4 Å². The molecule has 0 atom stereocenters. The minimum Gasteiger partial charge on any atom is -0.493 e. The Balaban J connectivity index is 1.52. The quantitative estimate of drug-likeness (QED) is 0.654. The molecule has 0 spiro atoms. The molecule has 1 aliphatic carbocycles. The van der Waals surface area contributed by atoms with E-state index >= 15 is 0 Å². The molecule has 8 nitrogen and oxygen atoms in total. The Hall–Kier alpha value is -2.61. The van der Waals surface area contributed by atoms with Crippen LogP contribution in [0.15, 0.2) is 22.7 Å². The van der Waals surface area contributed by atoms with Gasteiger partial charge in [0, 0.05) is 25.6 Å². The first kappa shape index (κ1) is 20.7. The second-order valence-corrected chi connectivity index (χ2v) is 8.21. The van der Waals surface area contributed by atoms with Crippen LogP contribution in [0.25, 0.3) is 0 Å². The maximum Gasteiger partial charge on any atom is 0.257 e. The summed E-state index contributed by atoms with van der Waals surface area (Å²) in [6, 6.07) is 5.39. The fourth-order valence-corrected chi connectivity index (χ4v) is 4.41. The average Bonchev–Trinajstić information content (AvgIpc) is 3.46. The summed E-state index contributed by atoms with van der Waals surface area (Å²) in [5.41, 5.74) is 0.375. The number of amides is 1. The normalized spacial score (nSPS) is 18.3. The Morgan fingerprint density at radius 1 is 1.20 bits per heavy atom. The van der Waals surface area contributed by atoms with Gasteiger partial charge in [-0.1, -0.05) is 24.1 Å². The summed E-state index contributed by atoms with van der Waals surface area (Å²) < 4.78 is 21.3. The molecule has 1 aromatic carbocycles. The SMILES string of the molecule is COCc1nc(C2(CC3CC3)CCN(C(=O)c3cccc(OC)c3OC)CC2)no1. The number of para-hydroxylation sites is 1. The third-order valence-corrected chi connectivity index (χ3v) is 6.23. The van der Waals surface area contributed by atoms with Crippen molar-refractivity contribution in [2.24, 2.45) is 5.92 Å². The predicted octanol–water partition coefficient (Wildman–Crippen LogP) is 3.21. The number of aromatic nitrogens is 2. The molecule has 1 saturated carbocycles. The fourth-order valence-electron chi connectivity index (χ4n) is 4.41.